The monoisotopic (exact) mass is 307 g/mol. The molecule has 0 aliphatic rings. The molecule has 2 N–H and O–H groups in total. The number of aliphatic hydroxyl groups is 1. The number of rotatable bonds is 4. The van der Waals surface area contributed by atoms with Gasteiger partial charge in [0.1, 0.15) is 0 Å². The summed E-state index contributed by atoms with van der Waals surface area (Å²) in [7, 11) is 0. The lowest BCUT2D eigenvalue weighted by Crippen LogP contribution is -2.20. The molecule has 0 aromatic heterocycles. The van der Waals surface area contributed by atoms with Gasteiger partial charge in [-0.15, -0.1) is 0 Å². The van der Waals surface area contributed by atoms with Crippen LogP contribution in [-0.2, 0) is 0 Å². The van der Waals surface area contributed by atoms with Crippen LogP contribution in [0, 0.1) is 0 Å². The number of alkyl halides is 1. The van der Waals surface area contributed by atoms with Crippen LogP contribution in [0.1, 0.15) is 0 Å². The number of hydrogen-bond donors (Lipinski definition) is 2. The van der Waals surface area contributed by atoms with E-state index in [2.05, 4.69) is 37.2 Å². The van der Waals surface area contributed by atoms with Crippen molar-refractivity contribution in [2.75, 3.05) is 17.2 Å². The summed E-state index contributed by atoms with van der Waals surface area (Å²) >= 11 is 6.56. The van der Waals surface area contributed by atoms with Gasteiger partial charge < -0.3 is 10.4 Å². The summed E-state index contributed by atoms with van der Waals surface area (Å²) in [4.78, 5) is 0. The van der Waals surface area contributed by atoms with Crippen LogP contribution in [0.3, 0.4) is 0 Å². The van der Waals surface area contributed by atoms with Gasteiger partial charge in [-0.1, -0.05) is 31.9 Å². The van der Waals surface area contributed by atoms with Crippen molar-refractivity contribution in [3.8, 4) is 0 Å². The molecule has 0 bridgehead atoms. The Kier molecular flexibility index (Phi) is 4.77. The van der Waals surface area contributed by atoms with Gasteiger partial charge in [-0.05, 0) is 24.3 Å². The van der Waals surface area contributed by atoms with Crippen LogP contribution in [0.2, 0.25) is 0 Å². The second-order valence-electron chi connectivity index (χ2n) is 2.70. The van der Waals surface area contributed by atoms with Crippen LogP contribution in [0.25, 0.3) is 0 Å². The fourth-order valence-electron chi connectivity index (χ4n) is 0.858. The zero-order valence-corrected chi connectivity index (χ0v) is 10.2. The molecule has 0 aliphatic heterocycles. The molecule has 1 rings (SSSR count). The predicted octanol–water partition coefficient (Wildman–Crippen LogP) is 2.62. The topological polar surface area (TPSA) is 32.3 Å². The van der Waals surface area contributed by atoms with E-state index in [1.165, 1.54) is 0 Å². The Labute approximate surface area is 94.6 Å². The Bertz CT molecular complexity index is 250. The van der Waals surface area contributed by atoms with Gasteiger partial charge in [-0.3, -0.25) is 0 Å². The number of halogens is 2. The Balaban J connectivity index is 2.41. The van der Waals surface area contributed by atoms with Crippen LogP contribution in [0.4, 0.5) is 5.69 Å². The Morgan fingerprint density at radius 3 is 2.46 bits per heavy atom. The molecular weight excluding hydrogens is 298 g/mol. The standard InChI is InChI=1S/C9H11Br2NO/c10-5-9(13)6-12-8-3-1-7(11)2-4-8/h1-4,9,12-13H,5-6H2. The van der Waals surface area contributed by atoms with Gasteiger partial charge in [0.2, 0.25) is 0 Å². The van der Waals surface area contributed by atoms with Crippen LogP contribution >= 0.6 is 31.9 Å². The van der Waals surface area contributed by atoms with Gasteiger partial charge in [0.05, 0.1) is 6.10 Å². The lowest BCUT2D eigenvalue weighted by Gasteiger charge is -2.09. The molecule has 13 heavy (non-hydrogen) atoms. The minimum atomic E-state index is -0.344. The average Bonchev–Trinajstić information content (AvgIpc) is 2.16. The highest BCUT2D eigenvalue weighted by Gasteiger charge is 2.00. The number of hydrogen-bond acceptors (Lipinski definition) is 2. The molecule has 0 spiro atoms. The number of aliphatic hydroxyl groups excluding tert-OH is 1. The van der Waals surface area contributed by atoms with Crippen LogP contribution < -0.4 is 5.32 Å². The zero-order valence-electron chi connectivity index (χ0n) is 7.00. The molecule has 2 nitrogen and oxygen atoms in total. The van der Waals surface area contributed by atoms with Crippen molar-refractivity contribution in [2.24, 2.45) is 0 Å². The molecule has 0 fully saturated rings. The van der Waals surface area contributed by atoms with E-state index >= 15 is 0 Å². The zero-order chi connectivity index (χ0) is 9.68. The fourth-order valence-corrected chi connectivity index (χ4v) is 1.35. The predicted molar refractivity (Wildman–Crippen MR) is 62.4 cm³/mol. The molecule has 1 aromatic carbocycles. The highest BCUT2D eigenvalue weighted by atomic mass is 79.9. The highest BCUT2D eigenvalue weighted by molar-refractivity contribution is 9.10. The van der Waals surface area contributed by atoms with E-state index in [1.807, 2.05) is 24.3 Å². The van der Waals surface area contributed by atoms with Crippen molar-refractivity contribution >= 4 is 37.5 Å². The largest absolute Gasteiger partial charge is 0.390 e. The summed E-state index contributed by atoms with van der Waals surface area (Å²) in [6.07, 6.45) is -0.344. The summed E-state index contributed by atoms with van der Waals surface area (Å²) in [5.41, 5.74) is 1.02. The van der Waals surface area contributed by atoms with Crippen molar-refractivity contribution in [1.82, 2.24) is 0 Å². The van der Waals surface area contributed by atoms with Crippen molar-refractivity contribution < 1.29 is 5.11 Å². The minimum Gasteiger partial charge on any atom is -0.390 e. The minimum absolute atomic E-state index is 0.344. The lowest BCUT2D eigenvalue weighted by molar-refractivity contribution is 0.214. The molecule has 0 radical (unpaired) electrons. The van der Waals surface area contributed by atoms with Crippen molar-refractivity contribution in [3.63, 3.8) is 0 Å². The Morgan fingerprint density at radius 1 is 1.31 bits per heavy atom. The van der Waals surface area contributed by atoms with Gasteiger partial charge in [0.15, 0.2) is 0 Å². The quantitative estimate of drug-likeness (QED) is 0.838. The first kappa shape index (κ1) is 11.0. The first-order valence-electron chi connectivity index (χ1n) is 3.96. The molecule has 0 saturated heterocycles. The maximum absolute atomic E-state index is 9.26. The fraction of sp³-hybridized carbons (Fsp3) is 0.333. The van der Waals surface area contributed by atoms with Crippen molar-refractivity contribution in [2.45, 2.75) is 6.10 Å². The van der Waals surface area contributed by atoms with Crippen LogP contribution in [0.15, 0.2) is 28.7 Å². The van der Waals surface area contributed by atoms with E-state index in [0.717, 1.165) is 10.2 Å². The van der Waals surface area contributed by atoms with E-state index in [9.17, 15) is 5.11 Å². The second-order valence-corrected chi connectivity index (χ2v) is 4.26. The van der Waals surface area contributed by atoms with Gasteiger partial charge in [-0.2, -0.15) is 0 Å². The lowest BCUT2D eigenvalue weighted by atomic mass is 10.3. The molecule has 1 atom stereocenters. The second kappa shape index (κ2) is 5.62. The first-order valence-corrected chi connectivity index (χ1v) is 5.87. The number of anilines is 1. The van der Waals surface area contributed by atoms with E-state index in [1.54, 1.807) is 0 Å². The number of benzene rings is 1. The van der Waals surface area contributed by atoms with Crippen LogP contribution in [-0.4, -0.2) is 23.1 Å². The molecule has 1 aromatic rings. The van der Waals surface area contributed by atoms with Crippen molar-refractivity contribution in [3.05, 3.63) is 28.7 Å². The third-order valence-electron chi connectivity index (χ3n) is 1.56. The average molecular weight is 309 g/mol. The molecule has 1 unspecified atom stereocenters. The van der Waals surface area contributed by atoms with Crippen LogP contribution in [0.5, 0.6) is 0 Å². The van der Waals surface area contributed by atoms with E-state index < -0.39 is 0 Å². The van der Waals surface area contributed by atoms with E-state index in [-0.39, 0.29) is 6.10 Å². The molecular formula is C9H11Br2NO. The summed E-state index contributed by atoms with van der Waals surface area (Å²) in [5.74, 6) is 0. The Hall–Kier alpha value is -0.0600. The summed E-state index contributed by atoms with van der Waals surface area (Å²) in [6.45, 7) is 0.562. The maximum atomic E-state index is 9.26. The van der Waals surface area contributed by atoms with Gasteiger partial charge in [0, 0.05) is 22.0 Å². The molecule has 72 valence electrons. The first-order chi connectivity index (χ1) is 6.22. The summed E-state index contributed by atoms with van der Waals surface area (Å²) < 4.78 is 1.05. The molecule has 0 heterocycles. The maximum Gasteiger partial charge on any atom is 0.0809 e. The van der Waals surface area contributed by atoms with Gasteiger partial charge in [0.25, 0.3) is 0 Å². The molecule has 0 saturated carbocycles. The number of nitrogens with one attached hydrogen (secondary N) is 1. The summed E-state index contributed by atoms with van der Waals surface area (Å²) in [6, 6.07) is 7.85. The van der Waals surface area contributed by atoms with E-state index in [0.29, 0.717) is 11.9 Å². The Morgan fingerprint density at radius 2 is 1.92 bits per heavy atom. The normalized spacial score (nSPS) is 12.5. The smallest absolute Gasteiger partial charge is 0.0809 e. The van der Waals surface area contributed by atoms with E-state index in [4.69, 9.17) is 0 Å². The van der Waals surface area contributed by atoms with Gasteiger partial charge >= 0.3 is 0 Å². The highest BCUT2D eigenvalue weighted by Crippen LogP contribution is 2.13. The molecule has 0 aliphatic carbocycles. The van der Waals surface area contributed by atoms with Crippen molar-refractivity contribution in [1.29, 1.82) is 0 Å². The molecule has 4 heteroatoms. The SMILES string of the molecule is OC(CBr)CNc1ccc(Br)cc1. The third-order valence-corrected chi connectivity index (χ3v) is 2.84. The summed E-state index contributed by atoms with van der Waals surface area (Å²) in [5, 5.41) is 13.0. The molecule has 0 amide bonds. The third kappa shape index (κ3) is 4.11. The van der Waals surface area contributed by atoms with Gasteiger partial charge in [-0.25, -0.2) is 0 Å².